The van der Waals surface area contributed by atoms with E-state index >= 15 is 0 Å². The molecular formula is C20H20F2N4O3. The third kappa shape index (κ3) is 4.24. The van der Waals surface area contributed by atoms with Gasteiger partial charge in [-0.25, -0.2) is 13.8 Å². The topological polar surface area (TPSA) is 98.7 Å². The number of ketones is 1. The molecule has 0 aliphatic rings. The number of amides is 1. The molecule has 0 atom stereocenters. The monoisotopic (exact) mass is 402 g/mol. The first-order valence-electron chi connectivity index (χ1n) is 8.86. The Bertz CT molecular complexity index is 1070. The quantitative estimate of drug-likeness (QED) is 0.630. The van der Waals surface area contributed by atoms with Gasteiger partial charge < -0.3 is 15.8 Å². The molecule has 152 valence electrons. The molecule has 0 radical (unpaired) electrons. The minimum atomic E-state index is -0.710. The van der Waals surface area contributed by atoms with Gasteiger partial charge in [0, 0.05) is 6.20 Å². The first kappa shape index (κ1) is 20.4. The molecule has 0 aliphatic carbocycles. The number of hydrogen-bond donors (Lipinski definition) is 2. The minimum absolute atomic E-state index is 0.171. The Morgan fingerprint density at radius 2 is 1.93 bits per heavy atom. The van der Waals surface area contributed by atoms with Crippen LogP contribution in [0, 0.1) is 25.5 Å². The Kier molecular flexibility index (Phi) is 5.88. The number of hydrogen-bond acceptors (Lipinski definition) is 5. The van der Waals surface area contributed by atoms with Gasteiger partial charge in [-0.2, -0.15) is 0 Å². The van der Waals surface area contributed by atoms with Gasteiger partial charge in [0.25, 0.3) is 5.91 Å². The summed E-state index contributed by atoms with van der Waals surface area (Å²) in [6.07, 6.45) is 1.69. The van der Waals surface area contributed by atoms with Gasteiger partial charge in [-0.05, 0) is 37.6 Å². The Hall–Kier alpha value is -3.33. The largest absolute Gasteiger partial charge is 0.485 e. The highest BCUT2D eigenvalue weighted by atomic mass is 19.1. The molecule has 0 unspecified atom stereocenters. The number of pyridine rings is 1. The van der Waals surface area contributed by atoms with E-state index in [1.165, 1.54) is 10.5 Å². The third-order valence-corrected chi connectivity index (χ3v) is 4.32. The molecular weight excluding hydrogens is 382 g/mol. The zero-order valence-corrected chi connectivity index (χ0v) is 16.0. The van der Waals surface area contributed by atoms with Crippen LogP contribution in [0.1, 0.15) is 27.3 Å². The summed E-state index contributed by atoms with van der Waals surface area (Å²) in [5.41, 5.74) is 6.76. The smallest absolute Gasteiger partial charge is 0.270 e. The van der Waals surface area contributed by atoms with Crippen molar-refractivity contribution in [3.05, 3.63) is 64.6 Å². The minimum Gasteiger partial charge on any atom is -0.485 e. The van der Waals surface area contributed by atoms with Crippen LogP contribution in [0.5, 0.6) is 5.75 Å². The average Bonchev–Trinajstić information content (AvgIpc) is 3.01. The predicted octanol–water partition coefficient (Wildman–Crippen LogP) is 2.07. The Morgan fingerprint density at radius 1 is 1.24 bits per heavy atom. The van der Waals surface area contributed by atoms with Crippen molar-refractivity contribution in [3.8, 4) is 5.75 Å². The van der Waals surface area contributed by atoms with E-state index in [2.05, 4.69) is 10.3 Å². The molecule has 0 saturated carbocycles. The van der Waals surface area contributed by atoms with E-state index in [0.717, 1.165) is 17.7 Å². The fraction of sp³-hybridized carbons (Fsp3) is 0.250. The van der Waals surface area contributed by atoms with Crippen LogP contribution >= 0.6 is 0 Å². The zero-order chi connectivity index (χ0) is 21.1. The number of ether oxygens (including phenoxy) is 1. The number of nitrogens with zero attached hydrogens (tertiary/aromatic N) is 2. The van der Waals surface area contributed by atoms with E-state index < -0.39 is 17.5 Å². The lowest BCUT2D eigenvalue weighted by molar-refractivity contribution is -0.116. The summed E-state index contributed by atoms with van der Waals surface area (Å²) in [6, 6.07) is 5.24. The van der Waals surface area contributed by atoms with Crippen molar-refractivity contribution in [2.75, 3.05) is 13.1 Å². The molecule has 0 saturated heterocycles. The van der Waals surface area contributed by atoms with Crippen LogP contribution in [0.2, 0.25) is 0 Å². The van der Waals surface area contributed by atoms with Crippen LogP contribution in [0.25, 0.3) is 5.65 Å². The first-order chi connectivity index (χ1) is 13.8. The summed E-state index contributed by atoms with van der Waals surface area (Å²) < 4.78 is 34.9. The molecule has 7 nitrogen and oxygen atoms in total. The Balaban J connectivity index is 1.94. The summed E-state index contributed by atoms with van der Waals surface area (Å²) in [5.74, 6) is -1.95. The van der Waals surface area contributed by atoms with Crippen molar-refractivity contribution in [2.45, 2.75) is 20.5 Å². The lowest BCUT2D eigenvalue weighted by Gasteiger charge is -2.11. The maximum absolute atomic E-state index is 13.9. The summed E-state index contributed by atoms with van der Waals surface area (Å²) in [5, 5.41) is 2.51. The van der Waals surface area contributed by atoms with Crippen LogP contribution in [0.3, 0.4) is 0 Å². The molecule has 0 fully saturated rings. The Morgan fingerprint density at radius 3 is 2.59 bits per heavy atom. The molecule has 2 heterocycles. The molecule has 29 heavy (non-hydrogen) atoms. The van der Waals surface area contributed by atoms with Crippen molar-refractivity contribution in [2.24, 2.45) is 5.73 Å². The standard InChI is InChI=1S/C20H20F2N4O3/c1-11-6-17(29-10-14-15(21)4-3-5-16(14)22)19-25-12(2)18(26(19)9-11)20(28)24-8-13(27)7-23/h3-6,9H,7-8,10,23H2,1-2H3,(H,24,28). The van der Waals surface area contributed by atoms with Crippen molar-refractivity contribution in [1.82, 2.24) is 14.7 Å². The van der Waals surface area contributed by atoms with Crippen molar-refractivity contribution >= 4 is 17.3 Å². The van der Waals surface area contributed by atoms with Gasteiger partial charge in [-0.15, -0.1) is 0 Å². The number of aryl methyl sites for hydroxylation is 2. The number of rotatable bonds is 7. The van der Waals surface area contributed by atoms with Crippen LogP contribution in [-0.2, 0) is 11.4 Å². The molecule has 0 aliphatic heterocycles. The van der Waals surface area contributed by atoms with Gasteiger partial charge in [0.15, 0.2) is 17.2 Å². The number of carbonyl (C=O) groups excluding carboxylic acids is 2. The van der Waals surface area contributed by atoms with Crippen LogP contribution in [0.15, 0.2) is 30.5 Å². The van der Waals surface area contributed by atoms with Gasteiger partial charge in [0.05, 0.1) is 24.3 Å². The SMILES string of the molecule is Cc1cc(OCc2c(F)cccc2F)c2nc(C)c(C(=O)NCC(=O)CN)n2c1. The lowest BCUT2D eigenvalue weighted by atomic mass is 10.2. The van der Waals surface area contributed by atoms with Gasteiger partial charge in [0.2, 0.25) is 0 Å². The maximum atomic E-state index is 13.9. The number of imidazole rings is 1. The zero-order valence-electron chi connectivity index (χ0n) is 16.0. The van der Waals surface area contributed by atoms with E-state index in [-0.39, 0.29) is 42.5 Å². The Labute approximate surface area is 165 Å². The van der Waals surface area contributed by atoms with Crippen LogP contribution in [-0.4, -0.2) is 34.2 Å². The molecule has 0 spiro atoms. The van der Waals surface area contributed by atoms with Crippen molar-refractivity contribution in [3.63, 3.8) is 0 Å². The van der Waals surface area contributed by atoms with Crippen molar-refractivity contribution < 1.29 is 23.1 Å². The third-order valence-electron chi connectivity index (χ3n) is 4.32. The van der Waals surface area contributed by atoms with E-state index in [0.29, 0.717) is 11.3 Å². The second-order valence-corrected chi connectivity index (χ2v) is 6.54. The number of nitrogens with two attached hydrogens (primary N) is 1. The predicted molar refractivity (Wildman–Crippen MR) is 102 cm³/mol. The van der Waals surface area contributed by atoms with Crippen LogP contribution < -0.4 is 15.8 Å². The summed E-state index contributed by atoms with van der Waals surface area (Å²) >= 11 is 0. The summed E-state index contributed by atoms with van der Waals surface area (Å²) in [4.78, 5) is 28.3. The summed E-state index contributed by atoms with van der Waals surface area (Å²) in [6.45, 7) is 2.73. The number of nitrogens with one attached hydrogen (secondary N) is 1. The summed E-state index contributed by atoms with van der Waals surface area (Å²) in [7, 11) is 0. The van der Waals surface area contributed by atoms with Gasteiger partial charge in [-0.3, -0.25) is 14.0 Å². The molecule has 2 aromatic heterocycles. The van der Waals surface area contributed by atoms with Gasteiger partial charge in [-0.1, -0.05) is 6.07 Å². The number of Topliss-reactive ketones (excluding diaryl/α,β-unsaturated/α-hetero) is 1. The van der Waals surface area contributed by atoms with Gasteiger partial charge in [0.1, 0.15) is 23.9 Å². The highest BCUT2D eigenvalue weighted by molar-refractivity contribution is 5.97. The van der Waals surface area contributed by atoms with Gasteiger partial charge >= 0.3 is 0 Å². The first-order valence-corrected chi connectivity index (χ1v) is 8.86. The number of aromatic nitrogens is 2. The highest BCUT2D eigenvalue weighted by Crippen LogP contribution is 2.25. The second-order valence-electron chi connectivity index (χ2n) is 6.54. The second kappa shape index (κ2) is 8.36. The molecule has 0 bridgehead atoms. The van der Waals surface area contributed by atoms with Crippen molar-refractivity contribution in [1.29, 1.82) is 0 Å². The average molecular weight is 402 g/mol. The lowest BCUT2D eigenvalue weighted by Crippen LogP contribution is -2.33. The number of fused-ring (bicyclic) bond motifs is 1. The van der Waals surface area contributed by atoms with E-state index in [1.807, 2.05) is 0 Å². The molecule has 1 amide bonds. The molecule has 9 heteroatoms. The number of benzene rings is 1. The van der Waals surface area contributed by atoms with E-state index in [9.17, 15) is 18.4 Å². The molecule has 3 aromatic rings. The normalized spacial score (nSPS) is 10.9. The maximum Gasteiger partial charge on any atom is 0.270 e. The van der Waals surface area contributed by atoms with E-state index in [1.54, 1.807) is 26.1 Å². The number of halogens is 2. The fourth-order valence-electron chi connectivity index (χ4n) is 2.89. The molecule has 1 aromatic carbocycles. The molecule has 3 N–H and O–H groups in total. The number of carbonyl (C=O) groups is 2. The molecule has 3 rings (SSSR count). The fourth-order valence-corrected chi connectivity index (χ4v) is 2.89. The van der Waals surface area contributed by atoms with E-state index in [4.69, 9.17) is 10.5 Å². The van der Waals surface area contributed by atoms with Crippen LogP contribution in [0.4, 0.5) is 8.78 Å². The highest BCUT2D eigenvalue weighted by Gasteiger charge is 2.20.